The minimum atomic E-state index is -0.880. The summed E-state index contributed by atoms with van der Waals surface area (Å²) >= 11 is 0. The number of aryl methyl sites for hydroxylation is 2. The van der Waals surface area contributed by atoms with Crippen molar-refractivity contribution in [1.29, 1.82) is 0 Å². The number of anilines is 1. The highest BCUT2D eigenvalue weighted by atomic mass is 19.1. The van der Waals surface area contributed by atoms with Crippen LogP contribution in [0.2, 0.25) is 0 Å². The summed E-state index contributed by atoms with van der Waals surface area (Å²) < 4.78 is 25.4. The topological polar surface area (TPSA) is 96.1 Å². The first-order valence-electron chi connectivity index (χ1n) is 15.5. The average molecular weight is 592 g/mol. The normalized spacial score (nSPS) is 19.9. The van der Waals surface area contributed by atoms with E-state index in [1.54, 1.807) is 25.3 Å². The molecule has 0 unspecified atom stereocenters. The first kappa shape index (κ1) is 30.7. The molecule has 43 heavy (non-hydrogen) atoms. The largest absolute Gasteiger partial charge is 0.493 e. The number of nitrogens with zero attached hydrogens (tertiary/aromatic N) is 3. The second-order valence-corrected chi connectivity index (χ2v) is 11.8. The molecule has 2 aromatic carbocycles. The van der Waals surface area contributed by atoms with Gasteiger partial charge in [-0.2, -0.15) is 0 Å². The summed E-state index contributed by atoms with van der Waals surface area (Å²) in [6.45, 7) is 7.03. The molecule has 1 aromatic heterocycles. The van der Waals surface area contributed by atoms with E-state index < -0.39 is 17.9 Å². The van der Waals surface area contributed by atoms with Gasteiger partial charge in [0, 0.05) is 43.1 Å². The van der Waals surface area contributed by atoms with Gasteiger partial charge in [0.15, 0.2) is 5.89 Å². The summed E-state index contributed by atoms with van der Waals surface area (Å²) in [6.07, 6.45) is 8.29. The quantitative estimate of drug-likeness (QED) is 0.254. The molecule has 0 aliphatic carbocycles. The van der Waals surface area contributed by atoms with E-state index in [0.29, 0.717) is 43.1 Å². The maximum atomic E-state index is 14.3. The highest BCUT2D eigenvalue weighted by Crippen LogP contribution is 2.41. The molecule has 0 saturated carbocycles. The van der Waals surface area contributed by atoms with Gasteiger partial charge in [0.25, 0.3) is 0 Å². The monoisotopic (exact) mass is 591 g/mol. The molecule has 1 saturated heterocycles. The SMILES string of the molecule is CCCC(CCC)N(C(=O)CN1C[C@H](c2ccc3c(c2)CCO3)[C@@H](C(=O)O)[C@@H]1CCc1ncco1)c1ccc(F)c(C)c1. The summed E-state index contributed by atoms with van der Waals surface area (Å²) in [7, 11) is 0. The molecule has 3 atom stereocenters. The second kappa shape index (κ2) is 13.7. The summed E-state index contributed by atoms with van der Waals surface area (Å²) in [5.74, 6) is -0.911. The molecule has 3 heterocycles. The number of aliphatic carboxylic acids is 1. The van der Waals surface area contributed by atoms with Gasteiger partial charge < -0.3 is 19.2 Å². The number of fused-ring (bicyclic) bond motifs is 1. The Bertz CT molecular complexity index is 1410. The van der Waals surface area contributed by atoms with Gasteiger partial charge in [0.05, 0.1) is 25.3 Å². The number of amides is 1. The number of oxazole rings is 1. The Hall–Kier alpha value is -3.72. The number of rotatable bonds is 13. The number of hydrogen-bond donors (Lipinski definition) is 1. The molecule has 1 amide bonds. The van der Waals surface area contributed by atoms with Gasteiger partial charge in [-0.25, -0.2) is 9.37 Å². The Morgan fingerprint density at radius 3 is 2.63 bits per heavy atom. The fourth-order valence-corrected chi connectivity index (χ4v) is 6.93. The van der Waals surface area contributed by atoms with Crippen molar-refractivity contribution in [2.24, 2.45) is 5.92 Å². The molecule has 8 nitrogen and oxygen atoms in total. The number of aromatic nitrogens is 1. The van der Waals surface area contributed by atoms with Crippen molar-refractivity contribution < 1.29 is 28.2 Å². The number of carboxylic acids is 1. The van der Waals surface area contributed by atoms with Crippen LogP contribution in [0.1, 0.15) is 74.5 Å². The van der Waals surface area contributed by atoms with Gasteiger partial charge in [-0.3, -0.25) is 14.5 Å². The first-order chi connectivity index (χ1) is 20.8. The van der Waals surface area contributed by atoms with Crippen LogP contribution in [0, 0.1) is 18.7 Å². The Labute approximate surface area is 252 Å². The smallest absolute Gasteiger partial charge is 0.308 e. The van der Waals surface area contributed by atoms with Gasteiger partial charge in [0.1, 0.15) is 17.8 Å². The minimum Gasteiger partial charge on any atom is -0.493 e. The van der Waals surface area contributed by atoms with Crippen molar-refractivity contribution in [3.05, 3.63) is 77.3 Å². The van der Waals surface area contributed by atoms with Crippen LogP contribution < -0.4 is 9.64 Å². The Balaban J connectivity index is 1.48. The molecule has 9 heteroatoms. The molecule has 0 bridgehead atoms. The van der Waals surface area contributed by atoms with Crippen LogP contribution in [0.3, 0.4) is 0 Å². The van der Waals surface area contributed by atoms with Crippen molar-refractivity contribution in [2.45, 2.75) is 83.7 Å². The van der Waals surface area contributed by atoms with Gasteiger partial charge in [-0.05, 0) is 67.1 Å². The molecule has 230 valence electrons. The zero-order chi connectivity index (χ0) is 30.5. The Morgan fingerprint density at radius 1 is 1.16 bits per heavy atom. The zero-order valence-electron chi connectivity index (χ0n) is 25.3. The fourth-order valence-electron chi connectivity index (χ4n) is 6.93. The lowest BCUT2D eigenvalue weighted by Gasteiger charge is -2.35. The van der Waals surface area contributed by atoms with Crippen LogP contribution in [0.4, 0.5) is 10.1 Å². The highest BCUT2D eigenvalue weighted by Gasteiger charge is 2.47. The van der Waals surface area contributed by atoms with E-state index in [1.807, 2.05) is 21.9 Å². The molecule has 0 radical (unpaired) electrons. The third kappa shape index (κ3) is 6.77. The van der Waals surface area contributed by atoms with Crippen LogP contribution in [0.5, 0.6) is 5.75 Å². The summed E-state index contributed by atoms with van der Waals surface area (Å²) in [5, 5.41) is 10.6. The van der Waals surface area contributed by atoms with Crippen LogP contribution in [-0.2, 0) is 22.4 Å². The Kier molecular flexibility index (Phi) is 9.80. The zero-order valence-corrected chi connectivity index (χ0v) is 25.3. The molecule has 0 spiro atoms. The van der Waals surface area contributed by atoms with E-state index in [4.69, 9.17) is 9.15 Å². The van der Waals surface area contributed by atoms with E-state index in [9.17, 15) is 19.1 Å². The maximum Gasteiger partial charge on any atom is 0.308 e. The standard InChI is InChI=1S/C34H42FN3O5/c1-4-6-25(7-5-2)38(26-9-10-28(35)22(3)18-26)32(39)21-37-20-27(23-8-12-30-24(19-23)14-16-42-30)33(34(40)41)29(37)11-13-31-36-15-17-43-31/h8-10,12,15,17-19,25,27,29,33H,4-7,11,13-14,16,20-21H2,1-3H3,(H,40,41)/t27-,29+,33-/m1/s1. The van der Waals surface area contributed by atoms with Crippen molar-refractivity contribution >= 4 is 17.6 Å². The van der Waals surface area contributed by atoms with Crippen LogP contribution in [0.25, 0.3) is 0 Å². The van der Waals surface area contributed by atoms with Crippen molar-refractivity contribution in [3.63, 3.8) is 0 Å². The molecule has 1 N–H and O–H groups in total. The van der Waals surface area contributed by atoms with E-state index >= 15 is 0 Å². The van der Waals surface area contributed by atoms with Crippen LogP contribution in [-0.4, -0.2) is 58.6 Å². The van der Waals surface area contributed by atoms with Gasteiger partial charge in [-0.15, -0.1) is 0 Å². The van der Waals surface area contributed by atoms with Gasteiger partial charge in [0.2, 0.25) is 5.91 Å². The molecule has 3 aromatic rings. The van der Waals surface area contributed by atoms with Crippen molar-refractivity contribution in [1.82, 2.24) is 9.88 Å². The number of hydrogen-bond acceptors (Lipinski definition) is 6. The fraction of sp³-hybridized carbons (Fsp3) is 0.500. The summed E-state index contributed by atoms with van der Waals surface area (Å²) in [5.41, 5.74) is 3.20. The van der Waals surface area contributed by atoms with Crippen LogP contribution in [0.15, 0.2) is 53.3 Å². The number of carboxylic acid groups (broad SMARTS) is 1. The number of ether oxygens (including phenoxy) is 1. The van der Waals surface area contributed by atoms with Crippen molar-refractivity contribution in [2.75, 3.05) is 24.6 Å². The predicted molar refractivity (Wildman–Crippen MR) is 162 cm³/mol. The lowest BCUT2D eigenvalue weighted by Crippen LogP contribution is -2.48. The number of halogens is 1. The maximum absolute atomic E-state index is 14.3. The van der Waals surface area contributed by atoms with Crippen LogP contribution >= 0.6 is 0 Å². The van der Waals surface area contributed by atoms with Gasteiger partial charge in [-0.1, -0.05) is 38.8 Å². The summed E-state index contributed by atoms with van der Waals surface area (Å²) in [6, 6.07) is 10.4. The highest BCUT2D eigenvalue weighted by molar-refractivity contribution is 5.95. The molecular formula is C34H42FN3O5. The average Bonchev–Trinajstić information content (AvgIpc) is 3.74. The predicted octanol–water partition coefficient (Wildman–Crippen LogP) is 6.16. The minimum absolute atomic E-state index is 0.0384. The van der Waals surface area contributed by atoms with Gasteiger partial charge >= 0.3 is 5.97 Å². The number of likely N-dealkylation sites (tertiary alicyclic amines) is 1. The lowest BCUT2D eigenvalue weighted by molar-refractivity contribution is -0.143. The molecule has 2 aliphatic heterocycles. The molecule has 1 fully saturated rings. The summed E-state index contributed by atoms with van der Waals surface area (Å²) in [4.78, 5) is 35.4. The van der Waals surface area contributed by atoms with Crippen molar-refractivity contribution in [3.8, 4) is 5.75 Å². The third-order valence-corrected chi connectivity index (χ3v) is 8.95. The third-order valence-electron chi connectivity index (χ3n) is 8.95. The number of carbonyl (C=O) groups excluding carboxylic acids is 1. The molecular weight excluding hydrogens is 549 g/mol. The van der Waals surface area contributed by atoms with E-state index in [2.05, 4.69) is 24.9 Å². The number of carbonyl (C=O) groups is 2. The number of benzene rings is 2. The molecule has 2 aliphatic rings. The first-order valence-corrected chi connectivity index (χ1v) is 15.5. The second-order valence-electron chi connectivity index (χ2n) is 11.8. The van der Waals surface area contributed by atoms with E-state index in [-0.39, 0.29) is 30.2 Å². The van der Waals surface area contributed by atoms with E-state index in [1.165, 1.54) is 12.3 Å². The lowest BCUT2D eigenvalue weighted by atomic mass is 9.83. The molecule has 5 rings (SSSR count). The van der Waals surface area contributed by atoms with E-state index in [0.717, 1.165) is 49.0 Å². The Morgan fingerprint density at radius 2 is 1.95 bits per heavy atom.